The van der Waals surface area contributed by atoms with Crippen molar-refractivity contribution < 1.29 is 14.3 Å². The summed E-state index contributed by atoms with van der Waals surface area (Å²) in [4.78, 5) is 16.0. The Balaban J connectivity index is 2.16. The van der Waals surface area contributed by atoms with Gasteiger partial charge in [-0.05, 0) is 31.0 Å². The van der Waals surface area contributed by atoms with E-state index in [0.717, 1.165) is 23.7 Å². The lowest BCUT2D eigenvalue weighted by Crippen LogP contribution is -2.28. The molecule has 2 aromatic rings. The van der Waals surface area contributed by atoms with Gasteiger partial charge in [-0.25, -0.2) is 4.79 Å². The maximum Gasteiger partial charge on any atom is 0.347 e. The molecule has 0 aliphatic rings. The highest BCUT2D eigenvalue weighted by Gasteiger charge is 2.20. The molecule has 0 spiro atoms. The Morgan fingerprint density at radius 1 is 1.35 bits per heavy atom. The van der Waals surface area contributed by atoms with Gasteiger partial charge in [0.15, 0.2) is 6.10 Å². The van der Waals surface area contributed by atoms with Gasteiger partial charge in [0, 0.05) is 17.6 Å². The molecule has 20 heavy (non-hydrogen) atoms. The Labute approximate surface area is 118 Å². The highest BCUT2D eigenvalue weighted by atomic mass is 16.6. The molecule has 0 N–H and O–H groups in total. The Morgan fingerprint density at radius 2 is 2.20 bits per heavy atom. The number of carbonyl (C=O) groups is 1. The van der Waals surface area contributed by atoms with Crippen LogP contribution in [0.3, 0.4) is 0 Å². The van der Waals surface area contributed by atoms with E-state index in [2.05, 4.69) is 11.9 Å². The first-order valence-electron chi connectivity index (χ1n) is 6.84. The van der Waals surface area contributed by atoms with Crippen LogP contribution in [0.1, 0.15) is 26.2 Å². The van der Waals surface area contributed by atoms with E-state index in [4.69, 9.17) is 9.47 Å². The molecule has 4 nitrogen and oxygen atoms in total. The van der Waals surface area contributed by atoms with E-state index in [1.807, 2.05) is 30.3 Å². The smallest absolute Gasteiger partial charge is 0.347 e. The summed E-state index contributed by atoms with van der Waals surface area (Å²) in [7, 11) is 1.38. The van der Waals surface area contributed by atoms with Gasteiger partial charge in [0.05, 0.1) is 12.6 Å². The fourth-order valence-corrected chi connectivity index (χ4v) is 2.03. The van der Waals surface area contributed by atoms with Gasteiger partial charge in [-0.1, -0.05) is 19.4 Å². The molecule has 0 radical (unpaired) electrons. The molecule has 1 aromatic heterocycles. The van der Waals surface area contributed by atoms with E-state index in [1.54, 1.807) is 6.20 Å². The molecule has 2 rings (SSSR count). The first kappa shape index (κ1) is 14.3. The maximum atomic E-state index is 11.7. The van der Waals surface area contributed by atoms with E-state index in [1.165, 1.54) is 7.11 Å². The van der Waals surface area contributed by atoms with Gasteiger partial charge in [0.25, 0.3) is 0 Å². The van der Waals surface area contributed by atoms with E-state index < -0.39 is 6.10 Å². The molecule has 0 fully saturated rings. The zero-order valence-corrected chi connectivity index (χ0v) is 11.8. The Kier molecular flexibility index (Phi) is 4.93. The largest absolute Gasteiger partial charge is 0.479 e. The van der Waals surface area contributed by atoms with E-state index in [9.17, 15) is 4.79 Å². The van der Waals surface area contributed by atoms with Gasteiger partial charge in [0.1, 0.15) is 5.75 Å². The predicted octanol–water partition coefficient (Wildman–Crippen LogP) is 3.35. The number of fused-ring (bicyclic) bond motifs is 1. The Hall–Kier alpha value is -2.10. The summed E-state index contributed by atoms with van der Waals surface area (Å²) < 4.78 is 10.6. The number of aromatic nitrogens is 1. The standard InChI is InChI=1S/C16H19NO3/c1-3-4-7-15(16(18)19-2)20-13-9-8-12-6-5-10-17-14(12)11-13/h5-6,8-11,15H,3-4,7H2,1-2H3. The highest BCUT2D eigenvalue weighted by Crippen LogP contribution is 2.21. The minimum absolute atomic E-state index is 0.334. The monoisotopic (exact) mass is 273 g/mol. The SMILES string of the molecule is CCCCC(Oc1ccc2cccnc2c1)C(=O)OC. The number of nitrogens with zero attached hydrogens (tertiary/aromatic N) is 1. The summed E-state index contributed by atoms with van der Waals surface area (Å²) in [5.41, 5.74) is 0.851. The quantitative estimate of drug-likeness (QED) is 0.757. The average Bonchev–Trinajstić information content (AvgIpc) is 2.50. The number of hydrogen-bond acceptors (Lipinski definition) is 4. The van der Waals surface area contributed by atoms with Crippen LogP contribution in [-0.4, -0.2) is 24.2 Å². The van der Waals surface area contributed by atoms with E-state index in [-0.39, 0.29) is 5.97 Å². The average molecular weight is 273 g/mol. The zero-order valence-electron chi connectivity index (χ0n) is 11.8. The maximum absolute atomic E-state index is 11.7. The van der Waals surface area contributed by atoms with Crippen molar-refractivity contribution in [3.8, 4) is 5.75 Å². The number of unbranched alkanes of at least 4 members (excludes halogenated alkanes) is 1. The molecule has 106 valence electrons. The third-order valence-electron chi connectivity index (χ3n) is 3.14. The number of esters is 1. The molecule has 1 unspecified atom stereocenters. The van der Waals surface area contributed by atoms with Gasteiger partial charge < -0.3 is 9.47 Å². The fraction of sp³-hybridized carbons (Fsp3) is 0.375. The van der Waals surface area contributed by atoms with Crippen molar-refractivity contribution in [1.29, 1.82) is 0 Å². The zero-order chi connectivity index (χ0) is 14.4. The summed E-state index contributed by atoms with van der Waals surface area (Å²) in [6, 6.07) is 9.51. The highest BCUT2D eigenvalue weighted by molar-refractivity contribution is 5.80. The molecule has 0 amide bonds. The third kappa shape index (κ3) is 3.47. The van der Waals surface area contributed by atoms with Crippen LogP contribution in [0.5, 0.6) is 5.75 Å². The van der Waals surface area contributed by atoms with Crippen LogP contribution in [0.15, 0.2) is 36.5 Å². The van der Waals surface area contributed by atoms with E-state index >= 15 is 0 Å². The van der Waals surface area contributed by atoms with Gasteiger partial charge >= 0.3 is 5.97 Å². The van der Waals surface area contributed by atoms with Crippen molar-refractivity contribution in [3.63, 3.8) is 0 Å². The van der Waals surface area contributed by atoms with Crippen molar-refractivity contribution in [2.45, 2.75) is 32.3 Å². The second-order valence-electron chi connectivity index (χ2n) is 4.63. The lowest BCUT2D eigenvalue weighted by atomic mass is 10.1. The Morgan fingerprint density at radius 3 is 2.95 bits per heavy atom. The molecule has 0 aliphatic carbocycles. The van der Waals surface area contributed by atoms with Gasteiger partial charge in [-0.2, -0.15) is 0 Å². The minimum atomic E-state index is -0.555. The molecule has 0 saturated carbocycles. The van der Waals surface area contributed by atoms with Gasteiger partial charge in [-0.3, -0.25) is 4.98 Å². The van der Waals surface area contributed by atoms with Crippen LogP contribution in [0.2, 0.25) is 0 Å². The van der Waals surface area contributed by atoms with Crippen LogP contribution in [0, 0.1) is 0 Å². The van der Waals surface area contributed by atoms with Crippen molar-refractivity contribution in [2.24, 2.45) is 0 Å². The molecule has 1 heterocycles. The molecule has 0 aliphatic heterocycles. The summed E-state index contributed by atoms with van der Waals surface area (Å²) >= 11 is 0. The first-order valence-corrected chi connectivity index (χ1v) is 6.84. The number of hydrogen-bond donors (Lipinski definition) is 0. The lowest BCUT2D eigenvalue weighted by Gasteiger charge is -2.16. The topological polar surface area (TPSA) is 48.4 Å². The number of carbonyl (C=O) groups excluding carboxylic acids is 1. The summed E-state index contributed by atoms with van der Waals surface area (Å²) in [5.74, 6) is 0.308. The van der Waals surface area contributed by atoms with Gasteiger partial charge in [0.2, 0.25) is 0 Å². The second-order valence-corrected chi connectivity index (χ2v) is 4.63. The van der Waals surface area contributed by atoms with Crippen LogP contribution < -0.4 is 4.74 Å². The Bertz CT molecular complexity index is 583. The van der Waals surface area contributed by atoms with Crippen LogP contribution in [0.25, 0.3) is 10.9 Å². The second kappa shape index (κ2) is 6.89. The summed E-state index contributed by atoms with van der Waals surface area (Å²) in [6.07, 6.45) is 3.77. The van der Waals surface area contributed by atoms with Crippen molar-refractivity contribution in [3.05, 3.63) is 36.5 Å². The molecular formula is C16H19NO3. The van der Waals surface area contributed by atoms with E-state index in [0.29, 0.717) is 12.2 Å². The summed E-state index contributed by atoms with van der Waals surface area (Å²) in [6.45, 7) is 2.08. The van der Waals surface area contributed by atoms with Crippen LogP contribution >= 0.6 is 0 Å². The fourth-order valence-electron chi connectivity index (χ4n) is 2.03. The number of rotatable bonds is 6. The molecule has 4 heteroatoms. The molecule has 1 atom stereocenters. The number of methoxy groups -OCH3 is 1. The van der Waals surface area contributed by atoms with Crippen molar-refractivity contribution >= 4 is 16.9 Å². The molecular weight excluding hydrogens is 254 g/mol. The molecule has 0 saturated heterocycles. The van der Waals surface area contributed by atoms with Gasteiger partial charge in [-0.15, -0.1) is 0 Å². The number of pyridine rings is 1. The first-order chi connectivity index (χ1) is 9.74. The number of ether oxygens (including phenoxy) is 2. The normalized spacial score (nSPS) is 12.1. The molecule has 1 aromatic carbocycles. The molecule has 0 bridgehead atoms. The third-order valence-corrected chi connectivity index (χ3v) is 3.14. The van der Waals surface area contributed by atoms with Crippen molar-refractivity contribution in [1.82, 2.24) is 4.98 Å². The van der Waals surface area contributed by atoms with Crippen LogP contribution in [0.4, 0.5) is 0 Å². The summed E-state index contributed by atoms with van der Waals surface area (Å²) in [5, 5.41) is 1.04. The van der Waals surface area contributed by atoms with Crippen molar-refractivity contribution in [2.75, 3.05) is 7.11 Å². The van der Waals surface area contributed by atoms with Crippen LogP contribution in [-0.2, 0) is 9.53 Å². The predicted molar refractivity (Wildman–Crippen MR) is 77.7 cm³/mol. The minimum Gasteiger partial charge on any atom is -0.479 e. The lowest BCUT2D eigenvalue weighted by molar-refractivity contribution is -0.149. The number of benzene rings is 1.